The third-order valence-corrected chi connectivity index (χ3v) is 4.89. The van der Waals surface area contributed by atoms with E-state index in [1.54, 1.807) is 17.8 Å². The van der Waals surface area contributed by atoms with E-state index in [0.717, 1.165) is 37.6 Å². The largest absolute Gasteiger partial charge is 0.391 e. The molecule has 2 rings (SSSR count). The van der Waals surface area contributed by atoms with Crippen molar-refractivity contribution in [3.05, 3.63) is 28.2 Å². The van der Waals surface area contributed by atoms with Crippen LogP contribution in [0.4, 0.5) is 0 Å². The maximum atomic E-state index is 10.0. The molecular formula is C13H18Cl2N2OS. The predicted molar refractivity (Wildman–Crippen MR) is 82.5 cm³/mol. The first kappa shape index (κ1) is 15.4. The summed E-state index contributed by atoms with van der Waals surface area (Å²) in [5.41, 5.74) is 0. The first-order valence-electron chi connectivity index (χ1n) is 6.34. The highest BCUT2D eigenvalue weighted by molar-refractivity contribution is 7.99. The van der Waals surface area contributed by atoms with Crippen LogP contribution in [0.2, 0.25) is 10.0 Å². The normalized spacial score (nSPS) is 18.5. The van der Waals surface area contributed by atoms with Crippen LogP contribution in [0.5, 0.6) is 0 Å². The number of benzene rings is 1. The quantitative estimate of drug-likeness (QED) is 0.816. The molecule has 1 aromatic carbocycles. The fraction of sp³-hybridized carbons (Fsp3) is 0.538. The van der Waals surface area contributed by atoms with Gasteiger partial charge in [-0.25, -0.2) is 0 Å². The number of nitrogens with zero attached hydrogens (tertiary/aromatic N) is 1. The van der Waals surface area contributed by atoms with Gasteiger partial charge in [0, 0.05) is 43.4 Å². The summed E-state index contributed by atoms with van der Waals surface area (Å²) in [5, 5.41) is 14.5. The number of hydrogen-bond donors (Lipinski definition) is 2. The van der Waals surface area contributed by atoms with Gasteiger partial charge in [-0.15, -0.1) is 11.8 Å². The monoisotopic (exact) mass is 320 g/mol. The van der Waals surface area contributed by atoms with Gasteiger partial charge in [-0.2, -0.15) is 0 Å². The van der Waals surface area contributed by atoms with Gasteiger partial charge in [0.1, 0.15) is 0 Å². The maximum Gasteiger partial charge on any atom is 0.0760 e. The van der Waals surface area contributed by atoms with E-state index in [4.69, 9.17) is 23.2 Å². The average molecular weight is 321 g/mol. The highest BCUT2D eigenvalue weighted by Gasteiger charge is 2.14. The van der Waals surface area contributed by atoms with E-state index in [-0.39, 0.29) is 6.10 Å². The van der Waals surface area contributed by atoms with Crippen molar-refractivity contribution in [3.63, 3.8) is 0 Å². The zero-order valence-corrected chi connectivity index (χ0v) is 12.9. The van der Waals surface area contributed by atoms with Gasteiger partial charge < -0.3 is 10.4 Å². The van der Waals surface area contributed by atoms with Gasteiger partial charge in [-0.05, 0) is 18.2 Å². The second-order valence-electron chi connectivity index (χ2n) is 4.59. The van der Waals surface area contributed by atoms with Crippen molar-refractivity contribution in [3.8, 4) is 0 Å². The number of hydrogen-bond acceptors (Lipinski definition) is 4. The van der Waals surface area contributed by atoms with Crippen molar-refractivity contribution in [2.75, 3.05) is 38.5 Å². The summed E-state index contributed by atoms with van der Waals surface area (Å²) < 4.78 is 0. The molecule has 1 atom stereocenters. The number of halogens is 2. The van der Waals surface area contributed by atoms with Gasteiger partial charge in [0.05, 0.1) is 16.1 Å². The molecule has 2 N–H and O–H groups in total. The SMILES string of the molecule is OC(CSc1ccc(Cl)c(Cl)c1)CN1CCNCC1. The van der Waals surface area contributed by atoms with Crippen LogP contribution in [0, 0.1) is 0 Å². The third-order valence-electron chi connectivity index (χ3n) is 3.01. The number of nitrogens with one attached hydrogen (secondary N) is 1. The van der Waals surface area contributed by atoms with Crippen LogP contribution in [-0.2, 0) is 0 Å². The molecule has 3 nitrogen and oxygen atoms in total. The van der Waals surface area contributed by atoms with E-state index in [0.29, 0.717) is 15.8 Å². The second-order valence-corrected chi connectivity index (χ2v) is 6.50. The lowest BCUT2D eigenvalue weighted by Crippen LogP contribution is -2.46. The number of rotatable bonds is 5. The molecule has 1 aromatic rings. The summed E-state index contributed by atoms with van der Waals surface area (Å²) in [7, 11) is 0. The molecule has 1 aliphatic heterocycles. The summed E-state index contributed by atoms with van der Waals surface area (Å²) in [6, 6.07) is 5.55. The molecule has 0 aromatic heterocycles. The van der Waals surface area contributed by atoms with Crippen LogP contribution in [0.15, 0.2) is 23.1 Å². The lowest BCUT2D eigenvalue weighted by molar-refractivity contribution is 0.121. The Morgan fingerprint density at radius 3 is 2.68 bits per heavy atom. The number of β-amino-alcohol motifs (C(OH)–C–C–N with tert-alkyl or cyclic N) is 1. The van der Waals surface area contributed by atoms with E-state index in [9.17, 15) is 5.11 Å². The lowest BCUT2D eigenvalue weighted by atomic mass is 10.3. The first-order chi connectivity index (χ1) is 9.15. The van der Waals surface area contributed by atoms with Crippen LogP contribution >= 0.6 is 35.0 Å². The van der Waals surface area contributed by atoms with Crippen molar-refractivity contribution < 1.29 is 5.11 Å². The smallest absolute Gasteiger partial charge is 0.0760 e. The molecular weight excluding hydrogens is 303 g/mol. The zero-order chi connectivity index (χ0) is 13.7. The fourth-order valence-corrected chi connectivity index (χ4v) is 3.22. The van der Waals surface area contributed by atoms with E-state index < -0.39 is 0 Å². The summed E-state index contributed by atoms with van der Waals surface area (Å²) in [6.07, 6.45) is -0.322. The Morgan fingerprint density at radius 2 is 2.00 bits per heavy atom. The van der Waals surface area contributed by atoms with Crippen molar-refractivity contribution in [1.29, 1.82) is 0 Å². The minimum absolute atomic E-state index is 0.322. The van der Waals surface area contributed by atoms with Crippen LogP contribution in [0.25, 0.3) is 0 Å². The van der Waals surface area contributed by atoms with Crippen LogP contribution < -0.4 is 5.32 Å². The Kier molecular flexibility index (Phi) is 6.26. The molecule has 0 radical (unpaired) electrons. The Labute approximate surface area is 128 Å². The second kappa shape index (κ2) is 7.72. The number of aliphatic hydroxyl groups is 1. The molecule has 6 heteroatoms. The summed E-state index contributed by atoms with van der Waals surface area (Å²) in [4.78, 5) is 3.32. The van der Waals surface area contributed by atoms with Crippen LogP contribution in [-0.4, -0.2) is 54.6 Å². The van der Waals surface area contributed by atoms with Gasteiger partial charge in [0.15, 0.2) is 0 Å². The first-order valence-corrected chi connectivity index (χ1v) is 8.08. The standard InChI is InChI=1S/C13H18Cl2N2OS/c14-12-2-1-11(7-13(12)15)19-9-10(18)8-17-5-3-16-4-6-17/h1-2,7,10,16,18H,3-6,8-9H2. The van der Waals surface area contributed by atoms with E-state index in [1.807, 2.05) is 12.1 Å². The summed E-state index contributed by atoms with van der Waals surface area (Å²) >= 11 is 13.4. The average Bonchev–Trinajstić information content (AvgIpc) is 2.41. The molecule has 0 bridgehead atoms. The predicted octanol–water partition coefficient (Wildman–Crippen LogP) is 2.35. The van der Waals surface area contributed by atoms with Crippen molar-refractivity contribution in [2.45, 2.75) is 11.0 Å². The Balaban J connectivity index is 1.75. The molecule has 1 heterocycles. The fourth-order valence-electron chi connectivity index (χ4n) is 2.00. The Hall–Kier alpha value is 0.0300. The summed E-state index contributed by atoms with van der Waals surface area (Å²) in [5.74, 6) is 0.669. The minimum Gasteiger partial charge on any atom is -0.391 e. The van der Waals surface area contributed by atoms with Crippen molar-refractivity contribution >= 4 is 35.0 Å². The molecule has 0 amide bonds. The lowest BCUT2D eigenvalue weighted by Gasteiger charge is -2.28. The minimum atomic E-state index is -0.322. The molecule has 106 valence electrons. The van der Waals surface area contributed by atoms with E-state index in [1.165, 1.54) is 0 Å². The maximum absolute atomic E-state index is 10.0. The van der Waals surface area contributed by atoms with Gasteiger partial charge in [-0.1, -0.05) is 23.2 Å². The highest BCUT2D eigenvalue weighted by atomic mass is 35.5. The molecule has 1 aliphatic rings. The summed E-state index contributed by atoms with van der Waals surface area (Å²) in [6.45, 7) is 4.76. The Morgan fingerprint density at radius 1 is 1.26 bits per heavy atom. The zero-order valence-electron chi connectivity index (χ0n) is 10.6. The topological polar surface area (TPSA) is 35.5 Å². The molecule has 1 saturated heterocycles. The van der Waals surface area contributed by atoms with E-state index in [2.05, 4.69) is 10.2 Å². The van der Waals surface area contributed by atoms with Crippen LogP contribution in [0.1, 0.15) is 0 Å². The van der Waals surface area contributed by atoms with Gasteiger partial charge in [0.2, 0.25) is 0 Å². The molecule has 0 saturated carbocycles. The highest BCUT2D eigenvalue weighted by Crippen LogP contribution is 2.28. The number of aliphatic hydroxyl groups excluding tert-OH is 1. The number of thioether (sulfide) groups is 1. The Bertz CT molecular complexity index is 414. The molecule has 1 fully saturated rings. The van der Waals surface area contributed by atoms with Crippen molar-refractivity contribution in [2.24, 2.45) is 0 Å². The van der Waals surface area contributed by atoms with Gasteiger partial charge in [-0.3, -0.25) is 4.90 Å². The molecule has 1 unspecified atom stereocenters. The van der Waals surface area contributed by atoms with E-state index >= 15 is 0 Å². The molecule has 0 aliphatic carbocycles. The number of piperazine rings is 1. The third kappa shape index (κ3) is 5.14. The molecule has 19 heavy (non-hydrogen) atoms. The van der Waals surface area contributed by atoms with Crippen molar-refractivity contribution in [1.82, 2.24) is 10.2 Å². The van der Waals surface area contributed by atoms with Gasteiger partial charge in [0.25, 0.3) is 0 Å². The van der Waals surface area contributed by atoms with Crippen LogP contribution in [0.3, 0.4) is 0 Å². The molecule has 0 spiro atoms. The van der Waals surface area contributed by atoms with Gasteiger partial charge >= 0.3 is 0 Å².